The summed E-state index contributed by atoms with van der Waals surface area (Å²) in [5.74, 6) is 0.910. The Bertz CT molecular complexity index is 1010. The number of rotatable bonds is 7. The molecule has 0 aliphatic carbocycles. The van der Waals surface area contributed by atoms with Gasteiger partial charge in [-0.05, 0) is 48.9 Å². The molecule has 7 heteroatoms. The third-order valence-electron chi connectivity index (χ3n) is 5.63. The van der Waals surface area contributed by atoms with Crippen LogP contribution in [0.3, 0.4) is 0 Å². The highest BCUT2D eigenvalue weighted by Crippen LogP contribution is 2.18. The topological polar surface area (TPSA) is 75.0 Å². The standard InChI is InChI=1S/C25H27N3O4/c1-19(27-13-15-28(16-14-27)25(30)23-8-5-17-31-23)24(29)26-21-9-11-22(12-10-21)32-18-20-6-3-2-4-7-20/h2-12,17,19H,13-16,18H2,1H3,(H,26,29)/t19-/m1/s1. The van der Waals surface area contributed by atoms with Crippen LogP contribution in [0.15, 0.2) is 77.4 Å². The number of hydrogen-bond donors (Lipinski definition) is 1. The second kappa shape index (κ2) is 10.2. The highest BCUT2D eigenvalue weighted by molar-refractivity contribution is 5.94. The summed E-state index contributed by atoms with van der Waals surface area (Å²) in [5.41, 5.74) is 1.82. The molecule has 0 radical (unpaired) electrons. The highest BCUT2D eigenvalue weighted by atomic mass is 16.5. The zero-order valence-corrected chi connectivity index (χ0v) is 18.1. The summed E-state index contributed by atoms with van der Waals surface area (Å²) in [5, 5.41) is 2.96. The Labute approximate surface area is 187 Å². The molecule has 1 N–H and O–H groups in total. The van der Waals surface area contributed by atoms with Gasteiger partial charge in [0.05, 0.1) is 12.3 Å². The molecule has 0 bridgehead atoms. The van der Waals surface area contributed by atoms with Crippen molar-refractivity contribution in [2.45, 2.75) is 19.6 Å². The lowest BCUT2D eigenvalue weighted by molar-refractivity contribution is -0.121. The second-order valence-electron chi connectivity index (χ2n) is 7.77. The Hall–Kier alpha value is -3.58. The van der Waals surface area contributed by atoms with Gasteiger partial charge in [-0.1, -0.05) is 30.3 Å². The number of nitrogens with zero attached hydrogens (tertiary/aromatic N) is 2. The maximum atomic E-state index is 12.7. The normalized spacial score (nSPS) is 15.2. The molecule has 1 aliphatic heterocycles. The van der Waals surface area contributed by atoms with Crippen LogP contribution < -0.4 is 10.1 Å². The molecule has 166 valence electrons. The van der Waals surface area contributed by atoms with E-state index in [1.807, 2.05) is 61.5 Å². The van der Waals surface area contributed by atoms with Crippen molar-refractivity contribution in [3.05, 3.63) is 84.3 Å². The molecule has 2 aromatic carbocycles. The first-order valence-electron chi connectivity index (χ1n) is 10.7. The van der Waals surface area contributed by atoms with Crippen molar-refractivity contribution < 1.29 is 18.7 Å². The van der Waals surface area contributed by atoms with E-state index in [0.29, 0.717) is 38.5 Å². The molecule has 7 nitrogen and oxygen atoms in total. The first-order chi connectivity index (χ1) is 15.6. The van der Waals surface area contributed by atoms with Crippen LogP contribution in [0.2, 0.25) is 0 Å². The van der Waals surface area contributed by atoms with Crippen LogP contribution in [0.1, 0.15) is 23.0 Å². The molecule has 0 spiro atoms. The predicted molar refractivity (Wildman–Crippen MR) is 121 cm³/mol. The molecule has 2 amide bonds. The van der Waals surface area contributed by atoms with Gasteiger partial charge in [0.1, 0.15) is 12.4 Å². The minimum atomic E-state index is -0.301. The molecular weight excluding hydrogens is 406 g/mol. The number of amides is 2. The van der Waals surface area contributed by atoms with Crippen LogP contribution in [0, 0.1) is 0 Å². The SMILES string of the molecule is C[C@H](C(=O)Nc1ccc(OCc2ccccc2)cc1)N1CCN(C(=O)c2ccco2)CC1. The molecule has 1 fully saturated rings. The van der Waals surface area contributed by atoms with Crippen LogP contribution in [0.5, 0.6) is 5.75 Å². The number of furan rings is 1. The lowest BCUT2D eigenvalue weighted by atomic mass is 10.2. The number of piperazine rings is 1. The molecular formula is C25H27N3O4. The fraction of sp³-hybridized carbons (Fsp3) is 0.280. The molecule has 2 heterocycles. The van der Waals surface area contributed by atoms with Gasteiger partial charge in [0.15, 0.2) is 5.76 Å². The highest BCUT2D eigenvalue weighted by Gasteiger charge is 2.28. The van der Waals surface area contributed by atoms with Gasteiger partial charge in [-0.25, -0.2) is 0 Å². The van der Waals surface area contributed by atoms with E-state index in [4.69, 9.17) is 9.15 Å². The lowest BCUT2D eigenvalue weighted by Gasteiger charge is -2.37. The number of benzene rings is 2. The van der Waals surface area contributed by atoms with Crippen molar-refractivity contribution in [1.29, 1.82) is 0 Å². The van der Waals surface area contributed by atoms with Crippen LogP contribution in [-0.2, 0) is 11.4 Å². The Balaban J connectivity index is 1.24. The number of nitrogens with one attached hydrogen (secondary N) is 1. The minimum absolute atomic E-state index is 0.0752. The summed E-state index contributed by atoms with van der Waals surface area (Å²) < 4.78 is 11.0. The van der Waals surface area contributed by atoms with Crippen LogP contribution in [0.4, 0.5) is 5.69 Å². The van der Waals surface area contributed by atoms with Gasteiger partial charge in [0.25, 0.3) is 5.91 Å². The molecule has 3 aromatic rings. The van der Waals surface area contributed by atoms with E-state index in [2.05, 4.69) is 10.2 Å². The summed E-state index contributed by atoms with van der Waals surface area (Å²) in [6, 6.07) is 20.4. The second-order valence-corrected chi connectivity index (χ2v) is 7.77. The number of ether oxygens (including phenoxy) is 1. The summed E-state index contributed by atoms with van der Waals surface area (Å²) in [6.07, 6.45) is 1.50. The van der Waals surface area contributed by atoms with E-state index in [0.717, 1.165) is 17.0 Å². The van der Waals surface area contributed by atoms with E-state index in [-0.39, 0.29) is 17.9 Å². The number of hydrogen-bond acceptors (Lipinski definition) is 5. The van der Waals surface area contributed by atoms with Crippen LogP contribution >= 0.6 is 0 Å². The number of anilines is 1. The molecule has 1 atom stereocenters. The molecule has 1 aliphatic rings. The smallest absolute Gasteiger partial charge is 0.289 e. The summed E-state index contributed by atoms with van der Waals surface area (Å²) in [4.78, 5) is 29.0. The average Bonchev–Trinajstić information content (AvgIpc) is 3.38. The third kappa shape index (κ3) is 5.36. The summed E-state index contributed by atoms with van der Waals surface area (Å²) in [6.45, 7) is 4.77. The van der Waals surface area contributed by atoms with Crippen molar-refractivity contribution in [2.75, 3.05) is 31.5 Å². The zero-order valence-electron chi connectivity index (χ0n) is 18.1. The first-order valence-corrected chi connectivity index (χ1v) is 10.7. The van der Waals surface area contributed by atoms with Crippen molar-refractivity contribution in [1.82, 2.24) is 9.80 Å². The molecule has 1 saturated heterocycles. The zero-order chi connectivity index (χ0) is 22.3. The van der Waals surface area contributed by atoms with Gasteiger partial charge in [0.2, 0.25) is 5.91 Å². The van der Waals surface area contributed by atoms with E-state index in [9.17, 15) is 9.59 Å². The fourth-order valence-electron chi connectivity index (χ4n) is 3.66. The van der Waals surface area contributed by atoms with Crippen molar-refractivity contribution in [3.8, 4) is 5.75 Å². The van der Waals surface area contributed by atoms with Gasteiger partial charge in [0, 0.05) is 31.9 Å². The molecule has 32 heavy (non-hydrogen) atoms. The fourth-order valence-corrected chi connectivity index (χ4v) is 3.66. The van der Waals surface area contributed by atoms with Crippen molar-refractivity contribution in [2.24, 2.45) is 0 Å². The largest absolute Gasteiger partial charge is 0.489 e. The maximum Gasteiger partial charge on any atom is 0.289 e. The average molecular weight is 434 g/mol. The molecule has 1 aromatic heterocycles. The Morgan fingerprint density at radius 3 is 2.34 bits per heavy atom. The van der Waals surface area contributed by atoms with E-state index in [1.165, 1.54) is 6.26 Å². The van der Waals surface area contributed by atoms with Gasteiger partial charge >= 0.3 is 0 Å². The first kappa shape index (κ1) is 21.6. The van der Waals surface area contributed by atoms with Gasteiger partial charge in [-0.2, -0.15) is 0 Å². The van der Waals surface area contributed by atoms with Gasteiger partial charge in [-0.3, -0.25) is 14.5 Å². The third-order valence-corrected chi connectivity index (χ3v) is 5.63. The Morgan fingerprint density at radius 2 is 1.69 bits per heavy atom. The molecule has 4 rings (SSSR count). The van der Waals surface area contributed by atoms with Crippen molar-refractivity contribution >= 4 is 17.5 Å². The van der Waals surface area contributed by atoms with E-state index in [1.54, 1.807) is 17.0 Å². The van der Waals surface area contributed by atoms with Gasteiger partial charge in [-0.15, -0.1) is 0 Å². The summed E-state index contributed by atoms with van der Waals surface area (Å²) in [7, 11) is 0. The molecule has 0 unspecified atom stereocenters. The van der Waals surface area contributed by atoms with Crippen LogP contribution in [0.25, 0.3) is 0 Å². The maximum absolute atomic E-state index is 12.7. The quantitative estimate of drug-likeness (QED) is 0.616. The Morgan fingerprint density at radius 1 is 0.969 bits per heavy atom. The number of carbonyl (C=O) groups is 2. The minimum Gasteiger partial charge on any atom is -0.489 e. The van der Waals surface area contributed by atoms with Crippen LogP contribution in [-0.4, -0.2) is 53.8 Å². The van der Waals surface area contributed by atoms with E-state index < -0.39 is 0 Å². The molecule has 0 saturated carbocycles. The predicted octanol–water partition coefficient (Wildman–Crippen LogP) is 3.64. The van der Waals surface area contributed by atoms with Crippen molar-refractivity contribution in [3.63, 3.8) is 0 Å². The number of carbonyl (C=O) groups excluding carboxylic acids is 2. The van der Waals surface area contributed by atoms with Gasteiger partial charge < -0.3 is 19.4 Å². The summed E-state index contributed by atoms with van der Waals surface area (Å²) >= 11 is 0. The Kier molecular flexibility index (Phi) is 6.87. The lowest BCUT2D eigenvalue weighted by Crippen LogP contribution is -2.54. The van der Waals surface area contributed by atoms with E-state index >= 15 is 0 Å². The monoisotopic (exact) mass is 433 g/mol.